The summed E-state index contributed by atoms with van der Waals surface area (Å²) < 4.78 is 0. The first-order chi connectivity index (χ1) is 8.90. The van der Waals surface area contributed by atoms with Gasteiger partial charge in [-0.2, -0.15) is 0 Å². The van der Waals surface area contributed by atoms with Crippen LogP contribution in [0.5, 0.6) is 0 Å². The highest BCUT2D eigenvalue weighted by atomic mass is 15.2. The van der Waals surface area contributed by atoms with Crippen LogP contribution in [-0.2, 0) is 0 Å². The van der Waals surface area contributed by atoms with E-state index in [1.54, 1.807) is 6.33 Å². The zero-order valence-electron chi connectivity index (χ0n) is 11.4. The van der Waals surface area contributed by atoms with Gasteiger partial charge in [0.2, 0.25) is 0 Å². The molecule has 1 saturated heterocycles. The molecule has 4 heteroatoms. The third kappa shape index (κ3) is 3.86. The van der Waals surface area contributed by atoms with Crippen LogP contribution in [0.2, 0.25) is 0 Å². The van der Waals surface area contributed by atoms with Gasteiger partial charge in [-0.1, -0.05) is 26.2 Å². The first-order valence-electron chi connectivity index (χ1n) is 7.21. The molecule has 0 aliphatic carbocycles. The Morgan fingerprint density at radius 2 is 1.83 bits per heavy atom. The maximum absolute atomic E-state index is 4.42. The second-order valence-electron chi connectivity index (χ2n) is 4.94. The lowest BCUT2D eigenvalue weighted by molar-refractivity contribution is 0.553. The highest BCUT2D eigenvalue weighted by molar-refractivity contribution is 5.48. The summed E-state index contributed by atoms with van der Waals surface area (Å²) in [7, 11) is 0. The van der Waals surface area contributed by atoms with Crippen molar-refractivity contribution in [3.05, 3.63) is 12.4 Å². The molecular formula is C14H24N4. The van der Waals surface area contributed by atoms with Crippen LogP contribution in [0.1, 0.15) is 45.4 Å². The van der Waals surface area contributed by atoms with E-state index in [0.717, 1.165) is 37.7 Å². The summed E-state index contributed by atoms with van der Waals surface area (Å²) in [4.78, 5) is 11.1. The highest BCUT2D eigenvalue weighted by Crippen LogP contribution is 2.18. The van der Waals surface area contributed by atoms with E-state index in [1.807, 2.05) is 0 Å². The van der Waals surface area contributed by atoms with E-state index >= 15 is 0 Å². The molecule has 1 fully saturated rings. The normalized spacial score (nSPS) is 17.1. The maximum atomic E-state index is 4.42. The predicted octanol–water partition coefficient (Wildman–Crippen LogP) is 3.07. The summed E-state index contributed by atoms with van der Waals surface area (Å²) in [6.45, 7) is 5.39. The highest BCUT2D eigenvalue weighted by Gasteiger charge is 2.10. The van der Waals surface area contributed by atoms with E-state index < -0.39 is 0 Å². The largest absolute Gasteiger partial charge is 0.370 e. The van der Waals surface area contributed by atoms with Crippen LogP contribution in [0.3, 0.4) is 0 Å². The Labute approximate surface area is 110 Å². The lowest BCUT2D eigenvalue weighted by Gasteiger charge is -2.25. The van der Waals surface area contributed by atoms with E-state index in [0.29, 0.717) is 0 Å². The van der Waals surface area contributed by atoms with Gasteiger partial charge in [0.15, 0.2) is 0 Å². The van der Waals surface area contributed by atoms with E-state index in [9.17, 15) is 0 Å². The monoisotopic (exact) mass is 248 g/mol. The molecule has 0 amide bonds. The molecule has 1 aliphatic heterocycles. The summed E-state index contributed by atoms with van der Waals surface area (Å²) in [6.07, 6.45) is 9.44. The smallest absolute Gasteiger partial charge is 0.134 e. The summed E-state index contributed by atoms with van der Waals surface area (Å²) in [5.74, 6) is 2.02. The molecule has 4 nitrogen and oxygen atoms in total. The predicted molar refractivity (Wildman–Crippen MR) is 76.1 cm³/mol. The fraction of sp³-hybridized carbons (Fsp3) is 0.714. The molecule has 0 radical (unpaired) electrons. The summed E-state index contributed by atoms with van der Waals surface area (Å²) in [5, 5.41) is 3.32. The standard InChI is InChI=1S/C14H24N4/c1-2-8-15-13-11-14(17-12-16-13)18-9-6-4-3-5-7-10-18/h11-12H,2-10H2,1H3,(H,15,16,17). The van der Waals surface area contributed by atoms with Crippen LogP contribution in [0, 0.1) is 0 Å². The minimum absolute atomic E-state index is 0.948. The Kier molecular flexibility index (Phi) is 5.24. The molecule has 0 spiro atoms. The first-order valence-corrected chi connectivity index (χ1v) is 7.21. The van der Waals surface area contributed by atoms with Gasteiger partial charge in [0.05, 0.1) is 0 Å². The molecular weight excluding hydrogens is 224 g/mol. The van der Waals surface area contributed by atoms with Crippen molar-refractivity contribution in [1.29, 1.82) is 0 Å². The van der Waals surface area contributed by atoms with Gasteiger partial charge < -0.3 is 10.2 Å². The molecule has 100 valence electrons. The molecule has 1 aromatic heterocycles. The maximum Gasteiger partial charge on any atom is 0.134 e. The summed E-state index contributed by atoms with van der Waals surface area (Å²) in [6, 6.07) is 2.08. The first kappa shape index (κ1) is 13.1. The quantitative estimate of drug-likeness (QED) is 0.889. The van der Waals surface area contributed by atoms with Crippen molar-refractivity contribution in [2.45, 2.75) is 45.4 Å². The van der Waals surface area contributed by atoms with Gasteiger partial charge in [0, 0.05) is 25.7 Å². The Hall–Kier alpha value is -1.32. The van der Waals surface area contributed by atoms with Crippen LogP contribution in [0.25, 0.3) is 0 Å². The molecule has 0 unspecified atom stereocenters. The molecule has 2 heterocycles. The van der Waals surface area contributed by atoms with E-state index in [1.165, 1.54) is 32.1 Å². The van der Waals surface area contributed by atoms with E-state index in [2.05, 4.69) is 33.2 Å². The van der Waals surface area contributed by atoms with Crippen LogP contribution in [-0.4, -0.2) is 29.6 Å². The van der Waals surface area contributed by atoms with Gasteiger partial charge in [-0.15, -0.1) is 0 Å². The number of hydrogen-bond donors (Lipinski definition) is 1. The van der Waals surface area contributed by atoms with Gasteiger partial charge in [0.25, 0.3) is 0 Å². The number of nitrogens with one attached hydrogen (secondary N) is 1. The number of anilines is 2. The number of nitrogens with zero attached hydrogens (tertiary/aromatic N) is 3. The zero-order chi connectivity index (χ0) is 12.6. The van der Waals surface area contributed by atoms with Crippen molar-refractivity contribution < 1.29 is 0 Å². The van der Waals surface area contributed by atoms with Crippen LogP contribution < -0.4 is 10.2 Å². The lowest BCUT2D eigenvalue weighted by Crippen LogP contribution is -2.28. The lowest BCUT2D eigenvalue weighted by atomic mass is 10.1. The third-order valence-corrected chi connectivity index (χ3v) is 3.39. The number of hydrogen-bond acceptors (Lipinski definition) is 4. The fourth-order valence-electron chi connectivity index (χ4n) is 2.35. The van der Waals surface area contributed by atoms with Crippen molar-refractivity contribution >= 4 is 11.6 Å². The SMILES string of the molecule is CCCNc1cc(N2CCCCCCC2)ncn1. The number of aromatic nitrogens is 2. The Bertz CT molecular complexity index is 345. The molecule has 1 aromatic rings. The van der Waals surface area contributed by atoms with Crippen molar-refractivity contribution in [3.8, 4) is 0 Å². The molecule has 18 heavy (non-hydrogen) atoms. The van der Waals surface area contributed by atoms with Crippen molar-refractivity contribution in [2.24, 2.45) is 0 Å². The summed E-state index contributed by atoms with van der Waals surface area (Å²) in [5.41, 5.74) is 0. The molecule has 0 saturated carbocycles. The minimum atomic E-state index is 0.948. The molecule has 1 aliphatic rings. The van der Waals surface area contributed by atoms with Crippen molar-refractivity contribution in [3.63, 3.8) is 0 Å². The van der Waals surface area contributed by atoms with Gasteiger partial charge in [-0.3, -0.25) is 0 Å². The Balaban J connectivity index is 2.01. The zero-order valence-corrected chi connectivity index (χ0v) is 11.4. The topological polar surface area (TPSA) is 41.0 Å². The van der Waals surface area contributed by atoms with Gasteiger partial charge in [0.1, 0.15) is 18.0 Å². The minimum Gasteiger partial charge on any atom is -0.370 e. The average molecular weight is 248 g/mol. The number of rotatable bonds is 4. The van der Waals surface area contributed by atoms with Crippen molar-refractivity contribution in [1.82, 2.24) is 9.97 Å². The molecule has 1 N–H and O–H groups in total. The second kappa shape index (κ2) is 7.19. The van der Waals surface area contributed by atoms with Crippen LogP contribution in [0.4, 0.5) is 11.6 Å². The average Bonchev–Trinajstić information content (AvgIpc) is 2.36. The molecule has 0 bridgehead atoms. The fourth-order valence-corrected chi connectivity index (χ4v) is 2.35. The Morgan fingerprint density at radius 1 is 1.11 bits per heavy atom. The molecule has 0 aromatic carbocycles. The summed E-state index contributed by atoms with van der Waals surface area (Å²) >= 11 is 0. The van der Waals surface area contributed by atoms with E-state index in [4.69, 9.17) is 0 Å². The van der Waals surface area contributed by atoms with Crippen molar-refractivity contribution in [2.75, 3.05) is 29.9 Å². The third-order valence-electron chi connectivity index (χ3n) is 3.39. The van der Waals surface area contributed by atoms with Crippen LogP contribution in [0.15, 0.2) is 12.4 Å². The van der Waals surface area contributed by atoms with E-state index in [-0.39, 0.29) is 0 Å². The van der Waals surface area contributed by atoms with Crippen LogP contribution >= 0.6 is 0 Å². The van der Waals surface area contributed by atoms with Gasteiger partial charge in [-0.25, -0.2) is 9.97 Å². The second-order valence-corrected chi connectivity index (χ2v) is 4.94. The Morgan fingerprint density at radius 3 is 2.56 bits per heavy atom. The molecule has 2 rings (SSSR count). The van der Waals surface area contributed by atoms with Gasteiger partial charge in [-0.05, 0) is 19.3 Å². The van der Waals surface area contributed by atoms with Gasteiger partial charge >= 0.3 is 0 Å². The molecule has 0 atom stereocenters.